The number of hydrogen-bond acceptors (Lipinski definition) is 5. The molecule has 0 atom stereocenters. The number of nitro benzene ring substituents is 1. The molecule has 28 heavy (non-hydrogen) atoms. The quantitative estimate of drug-likeness (QED) is 0.537. The van der Waals surface area contributed by atoms with Crippen LogP contribution in [0.5, 0.6) is 0 Å². The van der Waals surface area contributed by atoms with Crippen molar-refractivity contribution in [2.24, 2.45) is 0 Å². The topological polar surface area (TPSA) is 105 Å². The molecule has 0 aromatic heterocycles. The van der Waals surface area contributed by atoms with Crippen LogP contribution in [-0.4, -0.2) is 41.8 Å². The molecule has 0 aliphatic rings. The van der Waals surface area contributed by atoms with Gasteiger partial charge in [-0.1, -0.05) is 30.3 Å². The number of anilines is 2. The number of nitro groups is 1. The molecule has 0 radical (unpaired) electrons. The fourth-order valence-corrected chi connectivity index (χ4v) is 2.76. The number of carbonyl (C=O) groups is 2. The summed E-state index contributed by atoms with van der Waals surface area (Å²) in [6.07, 6.45) is 0.110. The van der Waals surface area contributed by atoms with Gasteiger partial charge in [-0.25, -0.2) is 0 Å². The molecule has 2 rings (SSSR count). The SMILES string of the molecule is Cc1cccc(C)c1NC(=O)CN(C)CCC(=O)Nc1ccccc1[N+](=O)[O-]. The first-order valence-corrected chi connectivity index (χ1v) is 8.86. The van der Waals surface area contributed by atoms with Crippen molar-refractivity contribution in [3.63, 3.8) is 0 Å². The Hall–Kier alpha value is -3.26. The molecule has 2 N–H and O–H groups in total. The lowest BCUT2D eigenvalue weighted by molar-refractivity contribution is -0.383. The van der Waals surface area contributed by atoms with Crippen LogP contribution in [-0.2, 0) is 9.59 Å². The molecular formula is C20H24N4O4. The Balaban J connectivity index is 1.83. The zero-order chi connectivity index (χ0) is 20.7. The molecule has 0 saturated carbocycles. The molecule has 2 aromatic rings. The maximum atomic E-state index is 12.3. The number of nitrogens with zero attached hydrogens (tertiary/aromatic N) is 2. The van der Waals surface area contributed by atoms with Crippen LogP contribution < -0.4 is 10.6 Å². The highest BCUT2D eigenvalue weighted by molar-refractivity contribution is 5.94. The smallest absolute Gasteiger partial charge is 0.292 e. The summed E-state index contributed by atoms with van der Waals surface area (Å²) in [5.74, 6) is -0.518. The van der Waals surface area contributed by atoms with Crippen LogP contribution in [0.25, 0.3) is 0 Å². The Morgan fingerprint density at radius 2 is 1.64 bits per heavy atom. The van der Waals surface area contributed by atoms with Gasteiger partial charge >= 0.3 is 0 Å². The number of amides is 2. The van der Waals surface area contributed by atoms with Crippen molar-refractivity contribution in [2.45, 2.75) is 20.3 Å². The van der Waals surface area contributed by atoms with Gasteiger partial charge in [0, 0.05) is 24.7 Å². The van der Waals surface area contributed by atoms with Crippen LogP contribution in [0.1, 0.15) is 17.5 Å². The van der Waals surface area contributed by atoms with Crippen molar-refractivity contribution in [2.75, 3.05) is 30.8 Å². The lowest BCUT2D eigenvalue weighted by Gasteiger charge is -2.17. The van der Waals surface area contributed by atoms with Gasteiger partial charge in [-0.3, -0.25) is 24.6 Å². The van der Waals surface area contributed by atoms with Crippen molar-refractivity contribution in [1.82, 2.24) is 4.90 Å². The highest BCUT2D eigenvalue weighted by Crippen LogP contribution is 2.23. The Morgan fingerprint density at radius 3 is 2.29 bits per heavy atom. The number of carbonyl (C=O) groups excluding carboxylic acids is 2. The lowest BCUT2D eigenvalue weighted by Crippen LogP contribution is -2.32. The minimum atomic E-state index is -0.542. The third-order valence-electron chi connectivity index (χ3n) is 4.25. The molecule has 0 fully saturated rings. The maximum absolute atomic E-state index is 12.3. The second kappa shape index (κ2) is 9.61. The maximum Gasteiger partial charge on any atom is 0.292 e. The second-order valence-corrected chi connectivity index (χ2v) is 6.63. The summed E-state index contributed by atoms with van der Waals surface area (Å²) < 4.78 is 0. The number of aryl methyl sites for hydroxylation is 2. The van der Waals surface area contributed by atoms with E-state index in [4.69, 9.17) is 0 Å². The summed E-state index contributed by atoms with van der Waals surface area (Å²) in [4.78, 5) is 36.5. The van der Waals surface area contributed by atoms with Crippen molar-refractivity contribution >= 4 is 28.9 Å². The molecule has 0 aliphatic carbocycles. The summed E-state index contributed by atoms with van der Waals surface area (Å²) in [7, 11) is 1.74. The molecule has 148 valence electrons. The second-order valence-electron chi connectivity index (χ2n) is 6.63. The van der Waals surface area contributed by atoms with Gasteiger partial charge in [0.2, 0.25) is 11.8 Å². The predicted molar refractivity (Wildman–Crippen MR) is 108 cm³/mol. The van der Waals surface area contributed by atoms with Gasteiger partial charge < -0.3 is 10.6 Å². The van der Waals surface area contributed by atoms with Gasteiger partial charge in [0.25, 0.3) is 5.69 Å². The van der Waals surface area contributed by atoms with E-state index >= 15 is 0 Å². The average Bonchev–Trinajstić information content (AvgIpc) is 2.63. The molecule has 2 amide bonds. The van der Waals surface area contributed by atoms with Crippen LogP contribution in [0.3, 0.4) is 0 Å². The van der Waals surface area contributed by atoms with Gasteiger partial charge in [0.1, 0.15) is 5.69 Å². The number of benzene rings is 2. The van der Waals surface area contributed by atoms with Gasteiger partial charge in [-0.2, -0.15) is 0 Å². The van der Waals surface area contributed by atoms with E-state index in [9.17, 15) is 19.7 Å². The van der Waals surface area contributed by atoms with E-state index < -0.39 is 4.92 Å². The molecule has 8 nitrogen and oxygen atoms in total. The Kier molecular flexibility index (Phi) is 7.22. The van der Waals surface area contributed by atoms with Gasteiger partial charge in [0.05, 0.1) is 11.5 Å². The van der Waals surface area contributed by atoms with Crippen molar-refractivity contribution in [3.05, 3.63) is 63.7 Å². The van der Waals surface area contributed by atoms with E-state index in [1.807, 2.05) is 32.0 Å². The first-order chi connectivity index (χ1) is 13.3. The molecule has 2 aromatic carbocycles. The van der Waals surface area contributed by atoms with Gasteiger partial charge in [-0.15, -0.1) is 0 Å². The Bertz CT molecular complexity index is 862. The average molecular weight is 384 g/mol. The van der Waals surface area contributed by atoms with Crippen LogP contribution in [0.15, 0.2) is 42.5 Å². The normalized spacial score (nSPS) is 10.6. The summed E-state index contributed by atoms with van der Waals surface area (Å²) in [6, 6.07) is 11.8. The van der Waals surface area contributed by atoms with Crippen LogP contribution in [0.2, 0.25) is 0 Å². The zero-order valence-electron chi connectivity index (χ0n) is 16.2. The van der Waals surface area contributed by atoms with Crippen LogP contribution in [0, 0.1) is 24.0 Å². The summed E-state index contributed by atoms with van der Waals surface area (Å²) in [5.41, 5.74) is 2.78. The predicted octanol–water partition coefficient (Wildman–Crippen LogP) is 3.11. The fraction of sp³-hybridized carbons (Fsp3) is 0.300. The van der Waals surface area contributed by atoms with Gasteiger partial charge in [-0.05, 0) is 38.1 Å². The van der Waals surface area contributed by atoms with E-state index in [-0.39, 0.29) is 36.2 Å². The van der Waals surface area contributed by atoms with Crippen molar-refractivity contribution in [3.8, 4) is 0 Å². The molecule has 8 heteroatoms. The first-order valence-electron chi connectivity index (χ1n) is 8.86. The zero-order valence-corrected chi connectivity index (χ0v) is 16.2. The van der Waals surface area contributed by atoms with Gasteiger partial charge in [0.15, 0.2) is 0 Å². The van der Waals surface area contributed by atoms with E-state index in [0.29, 0.717) is 6.54 Å². The van der Waals surface area contributed by atoms with E-state index in [1.165, 1.54) is 18.2 Å². The molecule has 0 spiro atoms. The molecule has 0 bridgehead atoms. The summed E-state index contributed by atoms with van der Waals surface area (Å²) in [6.45, 7) is 4.33. The fourth-order valence-electron chi connectivity index (χ4n) is 2.76. The number of para-hydroxylation sites is 3. The minimum absolute atomic E-state index is 0.110. The third-order valence-corrected chi connectivity index (χ3v) is 4.25. The number of hydrogen-bond donors (Lipinski definition) is 2. The summed E-state index contributed by atoms with van der Waals surface area (Å²) in [5, 5.41) is 16.4. The van der Waals surface area contributed by atoms with E-state index in [1.54, 1.807) is 18.0 Å². The summed E-state index contributed by atoms with van der Waals surface area (Å²) >= 11 is 0. The standard InChI is InChI=1S/C20H24N4O4/c1-14-7-6-8-15(2)20(14)22-19(26)13-23(3)12-11-18(25)21-16-9-4-5-10-17(16)24(27)28/h4-10H,11-13H2,1-3H3,(H,21,25)(H,22,26). The Labute approximate surface area is 163 Å². The Morgan fingerprint density at radius 1 is 1.00 bits per heavy atom. The van der Waals surface area contributed by atoms with Crippen molar-refractivity contribution in [1.29, 1.82) is 0 Å². The first kappa shape index (κ1) is 21.0. The highest BCUT2D eigenvalue weighted by atomic mass is 16.6. The molecular weight excluding hydrogens is 360 g/mol. The van der Waals surface area contributed by atoms with E-state index in [0.717, 1.165) is 16.8 Å². The number of likely N-dealkylation sites (N-methyl/N-ethyl adjacent to an activating group) is 1. The van der Waals surface area contributed by atoms with E-state index in [2.05, 4.69) is 10.6 Å². The molecule has 0 aliphatic heterocycles. The number of nitrogens with one attached hydrogen (secondary N) is 2. The monoisotopic (exact) mass is 384 g/mol. The highest BCUT2D eigenvalue weighted by Gasteiger charge is 2.16. The largest absolute Gasteiger partial charge is 0.324 e. The van der Waals surface area contributed by atoms with Crippen molar-refractivity contribution < 1.29 is 14.5 Å². The minimum Gasteiger partial charge on any atom is -0.324 e. The third kappa shape index (κ3) is 5.88. The molecule has 0 saturated heterocycles. The number of rotatable bonds is 8. The molecule has 0 heterocycles. The van der Waals surface area contributed by atoms with Crippen LogP contribution >= 0.6 is 0 Å². The lowest BCUT2D eigenvalue weighted by atomic mass is 10.1. The molecule has 0 unspecified atom stereocenters. The van der Waals surface area contributed by atoms with Crippen LogP contribution in [0.4, 0.5) is 17.1 Å².